The summed E-state index contributed by atoms with van der Waals surface area (Å²) in [5.74, 6) is 1.63. The van der Waals surface area contributed by atoms with Crippen molar-refractivity contribution in [2.45, 2.75) is 52.5 Å². The number of pyridine rings is 1. The van der Waals surface area contributed by atoms with Crippen LogP contribution in [0.15, 0.2) is 59.1 Å². The molecule has 6 heteroatoms. The highest BCUT2D eigenvalue weighted by molar-refractivity contribution is 7.17. The highest BCUT2D eigenvalue weighted by Gasteiger charge is 2.32. The Labute approximate surface area is 209 Å². The lowest BCUT2D eigenvalue weighted by Gasteiger charge is -2.33. The predicted molar refractivity (Wildman–Crippen MR) is 142 cm³/mol. The van der Waals surface area contributed by atoms with E-state index in [1.165, 1.54) is 11.3 Å². The first-order chi connectivity index (χ1) is 16.9. The van der Waals surface area contributed by atoms with Gasteiger partial charge in [-0.1, -0.05) is 31.2 Å². The van der Waals surface area contributed by atoms with Crippen molar-refractivity contribution in [3.05, 3.63) is 59.6 Å². The maximum absolute atomic E-state index is 13.5. The molecule has 0 atom stereocenters. The first-order valence-electron chi connectivity index (χ1n) is 12.3. The Morgan fingerprint density at radius 2 is 1.80 bits per heavy atom. The number of carbonyl (C=O) groups excluding carboxylic acids is 2. The summed E-state index contributed by atoms with van der Waals surface area (Å²) in [4.78, 5) is 33.3. The first-order valence-corrected chi connectivity index (χ1v) is 13.1. The average Bonchev–Trinajstić information content (AvgIpc) is 3.49. The molecule has 4 aromatic rings. The van der Waals surface area contributed by atoms with Gasteiger partial charge in [-0.2, -0.15) is 0 Å². The van der Waals surface area contributed by atoms with Crippen LogP contribution in [0.4, 0.5) is 5.69 Å². The van der Waals surface area contributed by atoms with Crippen LogP contribution in [0.1, 0.15) is 56.1 Å². The molecule has 0 spiro atoms. The van der Waals surface area contributed by atoms with Crippen LogP contribution in [-0.2, 0) is 4.79 Å². The van der Waals surface area contributed by atoms with Crippen molar-refractivity contribution in [3.63, 3.8) is 0 Å². The Morgan fingerprint density at radius 1 is 1.09 bits per heavy atom. The number of anilines is 1. The van der Waals surface area contributed by atoms with E-state index in [9.17, 15) is 9.59 Å². The van der Waals surface area contributed by atoms with Gasteiger partial charge in [0.2, 0.25) is 5.91 Å². The van der Waals surface area contributed by atoms with Crippen LogP contribution in [0.2, 0.25) is 0 Å². The van der Waals surface area contributed by atoms with Crippen molar-refractivity contribution in [2.75, 3.05) is 4.90 Å². The van der Waals surface area contributed by atoms with Crippen molar-refractivity contribution in [2.24, 2.45) is 11.8 Å². The molecule has 3 heterocycles. The number of hydrogen-bond acceptors (Lipinski definition) is 5. The topological polar surface area (TPSA) is 63.4 Å². The molecule has 1 saturated carbocycles. The van der Waals surface area contributed by atoms with Gasteiger partial charge in [-0.3, -0.25) is 14.6 Å². The third kappa shape index (κ3) is 4.67. The van der Waals surface area contributed by atoms with Gasteiger partial charge in [-0.15, -0.1) is 11.3 Å². The molecular weight excluding hydrogens is 456 g/mol. The van der Waals surface area contributed by atoms with E-state index in [4.69, 9.17) is 4.42 Å². The van der Waals surface area contributed by atoms with E-state index in [1.54, 1.807) is 6.20 Å². The number of nitrogens with zero attached hydrogens (tertiary/aromatic N) is 2. The molecule has 5 rings (SSSR count). The van der Waals surface area contributed by atoms with E-state index >= 15 is 0 Å². The summed E-state index contributed by atoms with van der Waals surface area (Å²) < 4.78 is 5.94. The van der Waals surface area contributed by atoms with E-state index < -0.39 is 0 Å². The highest BCUT2D eigenvalue weighted by atomic mass is 32.1. The van der Waals surface area contributed by atoms with Crippen molar-refractivity contribution in [3.8, 4) is 21.8 Å². The Kier molecular flexibility index (Phi) is 6.56. The summed E-state index contributed by atoms with van der Waals surface area (Å²) in [5, 5.41) is 0. The summed E-state index contributed by atoms with van der Waals surface area (Å²) in [7, 11) is 0. The minimum Gasteiger partial charge on any atom is -0.454 e. The van der Waals surface area contributed by atoms with E-state index in [0.717, 1.165) is 70.5 Å². The number of carbonyl (C=O) groups is 2. The maximum atomic E-state index is 13.5. The van der Waals surface area contributed by atoms with Crippen LogP contribution < -0.4 is 4.90 Å². The maximum Gasteiger partial charge on any atom is 0.230 e. The summed E-state index contributed by atoms with van der Waals surface area (Å²) in [5.41, 5.74) is 4.28. The molecule has 35 heavy (non-hydrogen) atoms. The van der Waals surface area contributed by atoms with Crippen LogP contribution in [0.3, 0.4) is 0 Å². The molecule has 1 fully saturated rings. The van der Waals surface area contributed by atoms with Crippen LogP contribution in [-0.4, -0.2) is 23.2 Å². The monoisotopic (exact) mass is 486 g/mol. The van der Waals surface area contributed by atoms with Crippen LogP contribution >= 0.6 is 11.3 Å². The number of furan rings is 1. The number of benzene rings is 1. The fraction of sp³-hybridized carbons (Fsp3) is 0.345. The normalized spacial score (nSPS) is 18.2. The standard InChI is InChI=1S/C29H30N2O3S/c1-18(2)31(29(33)22-8-6-19(3)7-9-22)24-16-27(35-28(24)17-32)21-12-10-20(11-13-21)26-15-23-25(34-26)5-4-14-30-23/h4-5,10-19,22H,6-9H2,1-3H3/t19-,22-. The largest absolute Gasteiger partial charge is 0.454 e. The second kappa shape index (κ2) is 9.78. The third-order valence-electron chi connectivity index (χ3n) is 6.97. The number of fused-ring (bicyclic) bond motifs is 1. The van der Waals surface area contributed by atoms with Crippen LogP contribution in [0, 0.1) is 11.8 Å². The summed E-state index contributed by atoms with van der Waals surface area (Å²) in [6.45, 7) is 6.30. The molecule has 0 unspecified atom stereocenters. The number of hydrogen-bond donors (Lipinski definition) is 0. The minimum absolute atomic E-state index is 0.0212. The lowest BCUT2D eigenvalue weighted by Crippen LogP contribution is -2.42. The molecule has 0 bridgehead atoms. The number of thiophene rings is 1. The van der Waals surface area contributed by atoms with Crippen molar-refractivity contribution in [1.29, 1.82) is 0 Å². The molecule has 1 amide bonds. The van der Waals surface area contributed by atoms with Gasteiger partial charge in [0.05, 0.1) is 10.6 Å². The van der Waals surface area contributed by atoms with Gasteiger partial charge in [-0.05, 0) is 69.2 Å². The molecule has 0 aliphatic heterocycles. The van der Waals surface area contributed by atoms with Crippen molar-refractivity contribution in [1.82, 2.24) is 4.98 Å². The molecule has 0 radical (unpaired) electrons. The average molecular weight is 487 g/mol. The molecular formula is C29H30N2O3S. The van der Waals surface area contributed by atoms with E-state index in [2.05, 4.69) is 11.9 Å². The zero-order valence-electron chi connectivity index (χ0n) is 20.4. The fourth-order valence-electron chi connectivity index (χ4n) is 4.98. The van der Waals surface area contributed by atoms with Crippen molar-refractivity contribution < 1.29 is 14.0 Å². The zero-order chi connectivity index (χ0) is 24.5. The molecule has 1 aliphatic carbocycles. The van der Waals surface area contributed by atoms with Gasteiger partial charge >= 0.3 is 0 Å². The molecule has 1 aromatic carbocycles. The Hall–Kier alpha value is -3.25. The van der Waals surface area contributed by atoms with Gasteiger partial charge in [0.1, 0.15) is 11.3 Å². The van der Waals surface area contributed by atoms with Gasteiger partial charge in [0.15, 0.2) is 11.9 Å². The van der Waals surface area contributed by atoms with Crippen molar-refractivity contribution >= 4 is 40.3 Å². The van der Waals surface area contributed by atoms with E-state index in [-0.39, 0.29) is 17.9 Å². The smallest absolute Gasteiger partial charge is 0.230 e. The lowest BCUT2D eigenvalue weighted by atomic mass is 9.82. The minimum atomic E-state index is -0.0212. The number of aldehydes is 1. The van der Waals surface area contributed by atoms with E-state index in [0.29, 0.717) is 10.8 Å². The van der Waals surface area contributed by atoms with Gasteiger partial charge in [-0.25, -0.2) is 0 Å². The number of rotatable bonds is 6. The van der Waals surface area contributed by atoms with Gasteiger partial charge < -0.3 is 9.32 Å². The van der Waals surface area contributed by atoms with Crippen LogP contribution in [0.5, 0.6) is 0 Å². The number of aromatic nitrogens is 1. The zero-order valence-corrected chi connectivity index (χ0v) is 21.2. The predicted octanol–water partition coefficient (Wildman–Crippen LogP) is 7.60. The van der Waals surface area contributed by atoms with Gasteiger partial charge in [0.25, 0.3) is 0 Å². The Balaban J connectivity index is 1.43. The molecule has 0 N–H and O–H groups in total. The lowest BCUT2D eigenvalue weighted by molar-refractivity contribution is -0.123. The quantitative estimate of drug-likeness (QED) is 0.263. The molecule has 3 aromatic heterocycles. The summed E-state index contributed by atoms with van der Waals surface area (Å²) >= 11 is 1.43. The third-order valence-corrected chi connectivity index (χ3v) is 8.07. The second-order valence-corrected chi connectivity index (χ2v) is 10.9. The molecule has 1 aliphatic rings. The Morgan fingerprint density at radius 3 is 2.46 bits per heavy atom. The molecule has 0 saturated heterocycles. The van der Waals surface area contributed by atoms with E-state index in [1.807, 2.05) is 67.3 Å². The SMILES string of the molecule is CC(C)N(c1cc(-c2ccc(-c3cc4ncccc4o3)cc2)sc1C=O)C(=O)[C@H]1CC[C@H](C)CC1. The summed E-state index contributed by atoms with van der Waals surface area (Å²) in [6.07, 6.45) is 6.66. The molecule has 5 nitrogen and oxygen atoms in total. The number of amides is 1. The fourth-order valence-corrected chi connectivity index (χ4v) is 5.95. The highest BCUT2D eigenvalue weighted by Crippen LogP contribution is 2.39. The molecule has 180 valence electrons. The Bertz CT molecular complexity index is 1310. The summed E-state index contributed by atoms with van der Waals surface area (Å²) in [6, 6.07) is 15.8. The first kappa shape index (κ1) is 23.5. The van der Waals surface area contributed by atoms with Gasteiger partial charge in [0, 0.05) is 34.7 Å². The van der Waals surface area contributed by atoms with Crippen LogP contribution in [0.25, 0.3) is 32.9 Å². The second-order valence-electron chi connectivity index (χ2n) is 9.81.